The molecular weight excluding hydrogens is 254 g/mol. The van der Waals surface area contributed by atoms with Gasteiger partial charge in [0.2, 0.25) is 5.91 Å². The lowest BCUT2D eigenvalue weighted by molar-refractivity contribution is -0.116. The smallest absolute Gasteiger partial charge is 0.224 e. The third kappa shape index (κ3) is 4.01. The summed E-state index contributed by atoms with van der Waals surface area (Å²) < 4.78 is 0. The van der Waals surface area contributed by atoms with Crippen LogP contribution in [0.2, 0.25) is 0 Å². The highest BCUT2D eigenvalue weighted by molar-refractivity contribution is 5.91. The number of aromatic amines is 1. The number of nitrogens with two attached hydrogens (primary N) is 2. The maximum absolute atomic E-state index is 11.8. The molecule has 106 valence electrons. The number of nitrogen functional groups attached to an aromatic ring is 2. The van der Waals surface area contributed by atoms with Crippen molar-refractivity contribution in [3.63, 3.8) is 0 Å². The molecule has 0 fully saturated rings. The first-order valence-corrected chi connectivity index (χ1v) is 6.58. The lowest BCUT2D eigenvalue weighted by Gasteiger charge is -2.05. The van der Waals surface area contributed by atoms with Gasteiger partial charge in [-0.15, -0.1) is 0 Å². The van der Waals surface area contributed by atoms with Crippen molar-refractivity contribution in [2.75, 3.05) is 16.8 Å². The molecule has 6 heteroatoms. The number of hydrogen-bond acceptors (Lipinski definition) is 4. The number of benzene rings is 1. The van der Waals surface area contributed by atoms with Crippen LogP contribution in [0.1, 0.15) is 24.8 Å². The van der Waals surface area contributed by atoms with E-state index in [-0.39, 0.29) is 5.91 Å². The van der Waals surface area contributed by atoms with Crippen molar-refractivity contribution in [2.45, 2.75) is 25.7 Å². The highest BCUT2D eigenvalue weighted by atomic mass is 16.1. The minimum atomic E-state index is -0.00392. The summed E-state index contributed by atoms with van der Waals surface area (Å²) >= 11 is 0. The van der Waals surface area contributed by atoms with E-state index in [1.54, 1.807) is 18.3 Å². The van der Waals surface area contributed by atoms with E-state index >= 15 is 0 Å². The lowest BCUT2D eigenvalue weighted by Crippen LogP contribution is -2.11. The number of hydrogen-bond donors (Lipinski definition) is 4. The number of unbranched alkanes of at least 4 members (excludes halogenated alkanes) is 1. The number of nitrogens with zero attached hydrogens (tertiary/aromatic N) is 1. The molecule has 0 atom stereocenters. The third-order valence-corrected chi connectivity index (χ3v) is 3.02. The van der Waals surface area contributed by atoms with Gasteiger partial charge in [-0.25, -0.2) is 0 Å². The molecule has 0 aliphatic heterocycles. The van der Waals surface area contributed by atoms with Gasteiger partial charge in [0.1, 0.15) is 5.82 Å². The van der Waals surface area contributed by atoms with Crippen LogP contribution in [-0.2, 0) is 11.2 Å². The number of carbonyl (C=O) groups is 1. The van der Waals surface area contributed by atoms with Gasteiger partial charge in [0, 0.05) is 23.4 Å². The molecule has 6 nitrogen and oxygen atoms in total. The largest absolute Gasteiger partial charge is 0.399 e. The van der Waals surface area contributed by atoms with Gasteiger partial charge >= 0.3 is 0 Å². The summed E-state index contributed by atoms with van der Waals surface area (Å²) in [7, 11) is 0. The van der Waals surface area contributed by atoms with Gasteiger partial charge in [-0.1, -0.05) is 6.07 Å². The molecule has 0 unspecified atom stereocenters. The molecule has 0 saturated carbocycles. The number of H-pyrrole nitrogens is 1. The zero-order valence-electron chi connectivity index (χ0n) is 11.2. The summed E-state index contributed by atoms with van der Waals surface area (Å²) in [6.45, 7) is 0. The Morgan fingerprint density at radius 3 is 2.85 bits per heavy atom. The van der Waals surface area contributed by atoms with Crippen molar-refractivity contribution in [3.05, 3.63) is 36.0 Å². The van der Waals surface area contributed by atoms with Crippen molar-refractivity contribution >= 4 is 23.1 Å². The highest BCUT2D eigenvalue weighted by Crippen LogP contribution is 2.14. The van der Waals surface area contributed by atoms with Crippen molar-refractivity contribution in [3.8, 4) is 0 Å². The van der Waals surface area contributed by atoms with Crippen molar-refractivity contribution in [2.24, 2.45) is 0 Å². The van der Waals surface area contributed by atoms with Gasteiger partial charge in [-0.2, -0.15) is 5.10 Å². The summed E-state index contributed by atoms with van der Waals surface area (Å²) in [5.41, 5.74) is 13.7. The number of rotatable bonds is 6. The van der Waals surface area contributed by atoms with Crippen LogP contribution in [0.3, 0.4) is 0 Å². The second-order valence-corrected chi connectivity index (χ2v) is 4.69. The lowest BCUT2D eigenvalue weighted by atomic mass is 10.1. The van der Waals surface area contributed by atoms with Gasteiger partial charge in [0.25, 0.3) is 0 Å². The Hall–Kier alpha value is -2.50. The van der Waals surface area contributed by atoms with Gasteiger partial charge in [-0.3, -0.25) is 9.89 Å². The molecule has 1 heterocycles. The van der Waals surface area contributed by atoms with E-state index in [2.05, 4.69) is 15.5 Å². The van der Waals surface area contributed by atoms with E-state index in [1.807, 2.05) is 12.1 Å². The van der Waals surface area contributed by atoms with Gasteiger partial charge in [-0.05, 0) is 37.5 Å². The van der Waals surface area contributed by atoms with E-state index in [1.165, 1.54) is 0 Å². The van der Waals surface area contributed by atoms with Crippen molar-refractivity contribution in [1.29, 1.82) is 0 Å². The zero-order valence-corrected chi connectivity index (χ0v) is 11.2. The van der Waals surface area contributed by atoms with Crippen LogP contribution in [0.5, 0.6) is 0 Å². The first kappa shape index (κ1) is 13.9. The summed E-state index contributed by atoms with van der Waals surface area (Å²) in [5, 5.41) is 9.38. The normalized spacial score (nSPS) is 10.4. The number of anilines is 3. The summed E-state index contributed by atoms with van der Waals surface area (Å²) in [4.78, 5) is 11.8. The fourth-order valence-electron chi connectivity index (χ4n) is 1.96. The number of nitrogens with one attached hydrogen (secondary N) is 2. The molecule has 0 spiro atoms. The SMILES string of the molecule is Nc1cccc(NC(=O)CCCCc2cn[nH]c2N)c1. The molecule has 20 heavy (non-hydrogen) atoms. The van der Waals surface area contributed by atoms with Crippen LogP contribution in [0, 0.1) is 0 Å². The zero-order chi connectivity index (χ0) is 14.4. The number of carbonyl (C=O) groups excluding carboxylic acids is 1. The molecule has 1 aromatic carbocycles. The Kier molecular flexibility index (Phi) is 4.60. The van der Waals surface area contributed by atoms with E-state index in [0.717, 1.165) is 30.5 Å². The minimum Gasteiger partial charge on any atom is -0.399 e. The second kappa shape index (κ2) is 6.60. The molecule has 2 rings (SSSR count). The van der Waals surface area contributed by atoms with Crippen LogP contribution < -0.4 is 16.8 Å². The van der Waals surface area contributed by atoms with E-state index in [0.29, 0.717) is 17.9 Å². The molecule has 2 aromatic rings. The number of amides is 1. The third-order valence-electron chi connectivity index (χ3n) is 3.02. The van der Waals surface area contributed by atoms with E-state index in [4.69, 9.17) is 11.5 Å². The van der Waals surface area contributed by atoms with Crippen LogP contribution in [0.4, 0.5) is 17.2 Å². The van der Waals surface area contributed by atoms with Crippen molar-refractivity contribution < 1.29 is 4.79 Å². The van der Waals surface area contributed by atoms with Gasteiger partial charge in [0.05, 0.1) is 6.20 Å². The Morgan fingerprint density at radius 2 is 2.15 bits per heavy atom. The van der Waals surface area contributed by atoms with Crippen LogP contribution in [0.15, 0.2) is 30.5 Å². The Morgan fingerprint density at radius 1 is 1.30 bits per heavy atom. The van der Waals surface area contributed by atoms with Gasteiger partial charge in [0.15, 0.2) is 0 Å². The van der Waals surface area contributed by atoms with E-state index in [9.17, 15) is 4.79 Å². The molecular formula is C14H19N5O. The minimum absolute atomic E-state index is 0.00392. The standard InChI is InChI=1S/C14H19N5O/c15-11-5-3-6-12(8-11)18-13(20)7-2-1-4-10-9-17-19-14(10)16/h3,5-6,8-9H,1-2,4,7,15H2,(H,18,20)(H3,16,17,19). The molecule has 1 amide bonds. The fraction of sp³-hybridized carbons (Fsp3) is 0.286. The molecule has 1 aromatic heterocycles. The average molecular weight is 273 g/mol. The van der Waals surface area contributed by atoms with Crippen LogP contribution in [0.25, 0.3) is 0 Å². The maximum Gasteiger partial charge on any atom is 0.224 e. The monoisotopic (exact) mass is 273 g/mol. The number of aromatic nitrogens is 2. The second-order valence-electron chi connectivity index (χ2n) is 4.69. The Bertz CT molecular complexity index is 578. The molecule has 0 saturated heterocycles. The molecule has 0 radical (unpaired) electrons. The van der Waals surface area contributed by atoms with Crippen molar-refractivity contribution in [1.82, 2.24) is 10.2 Å². The average Bonchev–Trinajstić information content (AvgIpc) is 2.80. The molecule has 6 N–H and O–H groups in total. The Balaban J connectivity index is 1.69. The van der Waals surface area contributed by atoms with Crippen LogP contribution in [-0.4, -0.2) is 16.1 Å². The topological polar surface area (TPSA) is 110 Å². The fourth-order valence-corrected chi connectivity index (χ4v) is 1.96. The quantitative estimate of drug-likeness (QED) is 0.476. The predicted molar refractivity (Wildman–Crippen MR) is 80.0 cm³/mol. The Labute approximate surface area is 117 Å². The maximum atomic E-state index is 11.8. The summed E-state index contributed by atoms with van der Waals surface area (Å²) in [5.74, 6) is 0.602. The first-order valence-electron chi connectivity index (χ1n) is 6.58. The van der Waals surface area contributed by atoms with Gasteiger partial charge < -0.3 is 16.8 Å². The predicted octanol–water partition coefficient (Wildman–Crippen LogP) is 1.93. The van der Waals surface area contributed by atoms with Crippen LogP contribution >= 0.6 is 0 Å². The molecule has 0 bridgehead atoms. The highest BCUT2D eigenvalue weighted by Gasteiger charge is 2.04. The summed E-state index contributed by atoms with van der Waals surface area (Å²) in [6, 6.07) is 7.15. The number of aryl methyl sites for hydroxylation is 1. The molecule has 0 aliphatic carbocycles. The molecule has 0 aliphatic rings. The van der Waals surface area contributed by atoms with E-state index < -0.39 is 0 Å². The summed E-state index contributed by atoms with van der Waals surface area (Å²) in [6.07, 6.45) is 4.73. The first-order chi connectivity index (χ1) is 9.65.